The summed E-state index contributed by atoms with van der Waals surface area (Å²) in [7, 11) is -3.70. The van der Waals surface area contributed by atoms with Gasteiger partial charge in [0.25, 0.3) is 0 Å². The maximum Gasteiger partial charge on any atom is 0.336 e. The van der Waals surface area contributed by atoms with E-state index in [1.54, 1.807) is 6.07 Å². The summed E-state index contributed by atoms with van der Waals surface area (Å²) in [6, 6.07) is 10.9. The van der Waals surface area contributed by atoms with Crippen LogP contribution in [0.1, 0.15) is 12.0 Å². The molecular weight excluding hydrogens is 411 g/mol. The van der Waals surface area contributed by atoms with Gasteiger partial charge in [-0.2, -0.15) is 4.31 Å². The molecule has 1 fully saturated rings. The summed E-state index contributed by atoms with van der Waals surface area (Å²) in [6.07, 6.45) is 0.626. The van der Waals surface area contributed by atoms with E-state index in [0.29, 0.717) is 44.7 Å². The second kappa shape index (κ2) is 8.17. The van der Waals surface area contributed by atoms with Crippen molar-refractivity contribution in [2.75, 3.05) is 26.2 Å². The van der Waals surface area contributed by atoms with Gasteiger partial charge in [-0.1, -0.05) is 0 Å². The fourth-order valence-electron chi connectivity index (χ4n) is 3.69. The molecule has 0 atom stereocenters. The monoisotopic (exact) mass is 432 g/mol. The Balaban J connectivity index is 1.52. The van der Waals surface area contributed by atoms with Crippen molar-refractivity contribution in [3.8, 4) is 5.75 Å². The Hall–Kier alpha value is -2.75. The highest BCUT2D eigenvalue weighted by molar-refractivity contribution is 7.89. The van der Waals surface area contributed by atoms with Crippen molar-refractivity contribution in [2.24, 2.45) is 0 Å². The summed E-state index contributed by atoms with van der Waals surface area (Å²) < 4.78 is 45.5. The molecule has 1 aliphatic heterocycles. The average Bonchev–Trinajstić information content (AvgIpc) is 2.94. The van der Waals surface area contributed by atoms with E-state index in [1.807, 2.05) is 0 Å². The quantitative estimate of drug-likeness (QED) is 0.637. The van der Waals surface area contributed by atoms with Crippen molar-refractivity contribution >= 4 is 21.0 Å². The molecule has 7 nitrogen and oxygen atoms in total. The minimum Gasteiger partial charge on any atom is -0.508 e. The zero-order valence-corrected chi connectivity index (χ0v) is 16.9. The van der Waals surface area contributed by atoms with Crippen LogP contribution in [0.4, 0.5) is 4.39 Å². The van der Waals surface area contributed by atoms with Gasteiger partial charge in [0.05, 0.1) is 4.90 Å². The first-order chi connectivity index (χ1) is 14.3. The molecule has 0 bridgehead atoms. The first kappa shape index (κ1) is 20.5. The van der Waals surface area contributed by atoms with Gasteiger partial charge < -0.3 is 9.52 Å². The molecule has 1 aromatic heterocycles. The summed E-state index contributed by atoms with van der Waals surface area (Å²) >= 11 is 0. The van der Waals surface area contributed by atoms with Crippen LogP contribution in [0.2, 0.25) is 0 Å². The van der Waals surface area contributed by atoms with Crippen LogP contribution >= 0.6 is 0 Å². The van der Waals surface area contributed by atoms with Gasteiger partial charge in [-0.25, -0.2) is 17.6 Å². The molecule has 30 heavy (non-hydrogen) atoms. The number of aromatic hydroxyl groups is 1. The van der Waals surface area contributed by atoms with Gasteiger partial charge in [-0.15, -0.1) is 0 Å². The lowest BCUT2D eigenvalue weighted by Gasteiger charge is -2.22. The third-order valence-corrected chi connectivity index (χ3v) is 7.12. The number of sulfonamides is 1. The molecule has 3 aromatic rings. The van der Waals surface area contributed by atoms with E-state index in [4.69, 9.17) is 4.42 Å². The highest BCUT2D eigenvalue weighted by atomic mass is 32.2. The van der Waals surface area contributed by atoms with Crippen LogP contribution in [0.5, 0.6) is 5.75 Å². The third-order valence-electron chi connectivity index (χ3n) is 5.21. The van der Waals surface area contributed by atoms with E-state index >= 15 is 0 Å². The fourth-order valence-corrected chi connectivity index (χ4v) is 5.16. The minimum absolute atomic E-state index is 0.0132. The van der Waals surface area contributed by atoms with Crippen molar-refractivity contribution in [1.29, 1.82) is 0 Å². The molecule has 0 unspecified atom stereocenters. The number of phenols is 1. The third kappa shape index (κ3) is 4.23. The molecule has 0 aliphatic carbocycles. The van der Waals surface area contributed by atoms with E-state index in [1.165, 1.54) is 34.6 Å². The Morgan fingerprint density at radius 1 is 1.00 bits per heavy atom. The van der Waals surface area contributed by atoms with Gasteiger partial charge in [0, 0.05) is 43.7 Å². The summed E-state index contributed by atoms with van der Waals surface area (Å²) in [5.41, 5.74) is 0.572. The van der Waals surface area contributed by atoms with Crippen molar-refractivity contribution in [2.45, 2.75) is 17.9 Å². The van der Waals surface area contributed by atoms with E-state index in [0.717, 1.165) is 23.1 Å². The molecular formula is C21H21FN2O5S. The second-order valence-corrected chi connectivity index (χ2v) is 9.20. The van der Waals surface area contributed by atoms with E-state index in [-0.39, 0.29) is 10.6 Å². The SMILES string of the molecule is O=c1cc(CN2CCCN(S(=O)(=O)c3ccc(F)cc3)CC2)c2ccc(O)cc2o1. The number of benzene rings is 2. The number of phenolic OH excluding ortho intramolecular Hbond substituents is 1. The number of hydrogen-bond acceptors (Lipinski definition) is 6. The van der Waals surface area contributed by atoms with E-state index in [9.17, 15) is 22.7 Å². The predicted molar refractivity (Wildman–Crippen MR) is 109 cm³/mol. The van der Waals surface area contributed by atoms with Gasteiger partial charge in [0.1, 0.15) is 17.1 Å². The molecule has 2 aromatic carbocycles. The largest absolute Gasteiger partial charge is 0.508 e. The molecule has 2 heterocycles. The highest BCUT2D eigenvalue weighted by Gasteiger charge is 2.27. The van der Waals surface area contributed by atoms with Crippen molar-refractivity contribution in [3.63, 3.8) is 0 Å². The molecule has 4 rings (SSSR count). The minimum atomic E-state index is -3.70. The normalized spacial score (nSPS) is 16.6. The Labute approximate surface area is 173 Å². The molecule has 158 valence electrons. The Kier molecular flexibility index (Phi) is 5.59. The fraction of sp³-hybridized carbons (Fsp3) is 0.286. The predicted octanol–water partition coefficient (Wildman–Crippen LogP) is 2.53. The van der Waals surface area contributed by atoms with Crippen molar-refractivity contribution in [3.05, 3.63) is 70.3 Å². The van der Waals surface area contributed by atoms with Crippen LogP contribution < -0.4 is 5.63 Å². The Morgan fingerprint density at radius 3 is 2.53 bits per heavy atom. The van der Waals surface area contributed by atoms with Crippen LogP contribution in [-0.2, 0) is 16.6 Å². The lowest BCUT2D eigenvalue weighted by molar-refractivity contribution is 0.279. The van der Waals surface area contributed by atoms with Crippen LogP contribution in [0.15, 0.2) is 62.6 Å². The van der Waals surface area contributed by atoms with Crippen molar-refractivity contribution < 1.29 is 22.3 Å². The lowest BCUT2D eigenvalue weighted by Crippen LogP contribution is -2.35. The average molecular weight is 432 g/mol. The zero-order chi connectivity index (χ0) is 21.3. The number of rotatable bonds is 4. The van der Waals surface area contributed by atoms with Crippen LogP contribution in [0, 0.1) is 5.82 Å². The Morgan fingerprint density at radius 2 is 1.77 bits per heavy atom. The van der Waals surface area contributed by atoms with Crippen LogP contribution in [0.3, 0.4) is 0 Å². The maximum absolute atomic E-state index is 13.1. The van der Waals surface area contributed by atoms with Gasteiger partial charge in [-0.3, -0.25) is 4.90 Å². The van der Waals surface area contributed by atoms with Gasteiger partial charge in [-0.05, 0) is 54.9 Å². The zero-order valence-electron chi connectivity index (χ0n) is 16.1. The molecule has 0 radical (unpaired) electrons. The summed E-state index contributed by atoms with van der Waals surface area (Å²) in [4.78, 5) is 14.1. The van der Waals surface area contributed by atoms with Gasteiger partial charge in [0.2, 0.25) is 10.0 Å². The summed E-state index contributed by atoms with van der Waals surface area (Å²) in [5, 5.41) is 10.4. The smallest absolute Gasteiger partial charge is 0.336 e. The standard InChI is InChI=1S/C21H21FN2O5S/c22-16-2-5-18(6-3-16)30(27,28)24-9-1-8-23(10-11-24)14-15-12-21(26)29-20-13-17(25)4-7-19(15)20/h2-7,12-13,25H,1,8-11,14H2. The number of hydrogen-bond donors (Lipinski definition) is 1. The second-order valence-electron chi connectivity index (χ2n) is 7.26. The molecule has 1 saturated heterocycles. The first-order valence-corrected chi connectivity index (χ1v) is 11.0. The number of nitrogens with zero attached hydrogens (tertiary/aromatic N) is 2. The van der Waals surface area contributed by atoms with Gasteiger partial charge in [0.15, 0.2) is 0 Å². The van der Waals surface area contributed by atoms with E-state index < -0.39 is 21.5 Å². The maximum atomic E-state index is 13.1. The van der Waals surface area contributed by atoms with Gasteiger partial charge >= 0.3 is 5.63 Å². The molecule has 0 saturated carbocycles. The molecule has 9 heteroatoms. The van der Waals surface area contributed by atoms with Crippen LogP contribution in [0.25, 0.3) is 11.0 Å². The van der Waals surface area contributed by atoms with Crippen LogP contribution in [-0.4, -0.2) is 48.9 Å². The molecule has 1 N–H and O–H groups in total. The Bertz CT molecular complexity index is 1220. The van der Waals surface area contributed by atoms with E-state index in [2.05, 4.69) is 4.90 Å². The first-order valence-electron chi connectivity index (χ1n) is 9.57. The summed E-state index contributed by atoms with van der Waals surface area (Å²) in [5.74, 6) is -0.469. The topological polar surface area (TPSA) is 91.1 Å². The highest BCUT2D eigenvalue weighted by Crippen LogP contribution is 2.24. The number of fused-ring (bicyclic) bond motifs is 1. The lowest BCUT2D eigenvalue weighted by atomic mass is 10.1. The molecule has 1 aliphatic rings. The molecule has 0 spiro atoms. The van der Waals surface area contributed by atoms with Crippen molar-refractivity contribution in [1.82, 2.24) is 9.21 Å². The number of halogens is 1. The summed E-state index contributed by atoms with van der Waals surface area (Å²) in [6.45, 7) is 2.26. The molecule has 0 amide bonds.